The third-order valence-corrected chi connectivity index (χ3v) is 6.08. The second kappa shape index (κ2) is 9.03. The molecule has 0 bridgehead atoms. The Balaban J connectivity index is 2.17. The lowest BCUT2D eigenvalue weighted by atomic mass is 10.1. The average molecular weight is 399 g/mol. The monoisotopic (exact) mass is 398 g/mol. The van der Waals surface area contributed by atoms with Gasteiger partial charge in [-0.3, -0.25) is 9.69 Å². The van der Waals surface area contributed by atoms with Crippen LogP contribution in [0.15, 0.2) is 23.1 Å². The number of carbonyl (C=O) groups excluding carboxylic acids is 1. The average Bonchev–Trinajstić information content (AvgIpc) is 2.62. The molecule has 0 radical (unpaired) electrons. The van der Waals surface area contributed by atoms with E-state index in [1.165, 1.54) is 19.2 Å². The number of carbonyl (C=O) groups is 1. The van der Waals surface area contributed by atoms with E-state index in [-0.39, 0.29) is 28.6 Å². The molecule has 0 aliphatic carbocycles. The number of benzene rings is 1. The first-order valence-electron chi connectivity index (χ1n) is 9.11. The Labute approximate surface area is 162 Å². The van der Waals surface area contributed by atoms with Crippen LogP contribution < -0.4 is 4.74 Å². The summed E-state index contributed by atoms with van der Waals surface area (Å²) < 4.78 is 34.3. The highest BCUT2D eigenvalue weighted by Crippen LogP contribution is 2.26. The summed E-state index contributed by atoms with van der Waals surface area (Å²) in [7, 11) is -0.379. The van der Waals surface area contributed by atoms with Crippen LogP contribution in [0.5, 0.6) is 5.75 Å². The molecule has 1 aromatic rings. The molecule has 1 aliphatic rings. The number of ether oxygens (including phenoxy) is 2. The lowest BCUT2D eigenvalue weighted by molar-refractivity contribution is 0.0270. The van der Waals surface area contributed by atoms with E-state index in [0.29, 0.717) is 18.7 Å². The van der Waals surface area contributed by atoms with Gasteiger partial charge in [0, 0.05) is 57.3 Å². The van der Waals surface area contributed by atoms with Gasteiger partial charge >= 0.3 is 0 Å². The SMILES string of the molecule is COCCCN1C(C)CN(C(=O)c2ccc(OC)c(S(C)(=O)=O)c2)CC1C. The standard InChI is InChI=1S/C19H30N2O5S/c1-14-12-20(13-15(2)21(14)9-6-10-25-3)19(22)16-7-8-17(26-4)18(11-16)27(5,23)24/h7-8,11,14-15H,6,9-10,12-13H2,1-5H3. The normalized spacial score (nSPS) is 21.3. The van der Waals surface area contributed by atoms with Crippen LogP contribution in [0.1, 0.15) is 30.6 Å². The molecule has 2 atom stereocenters. The highest BCUT2D eigenvalue weighted by Gasteiger charge is 2.32. The Kier molecular flexibility index (Phi) is 7.25. The Morgan fingerprint density at radius 2 is 1.81 bits per heavy atom. The highest BCUT2D eigenvalue weighted by atomic mass is 32.2. The molecule has 152 valence electrons. The number of sulfone groups is 1. The molecule has 0 N–H and O–H groups in total. The number of nitrogens with zero attached hydrogens (tertiary/aromatic N) is 2. The van der Waals surface area contributed by atoms with Crippen LogP contribution in [0.4, 0.5) is 0 Å². The van der Waals surface area contributed by atoms with Gasteiger partial charge in [-0.25, -0.2) is 8.42 Å². The highest BCUT2D eigenvalue weighted by molar-refractivity contribution is 7.90. The number of rotatable bonds is 7. The molecule has 1 heterocycles. The van der Waals surface area contributed by atoms with Crippen molar-refractivity contribution < 1.29 is 22.7 Å². The van der Waals surface area contributed by atoms with Crippen molar-refractivity contribution in [3.63, 3.8) is 0 Å². The fourth-order valence-electron chi connectivity index (χ4n) is 3.64. The summed E-state index contributed by atoms with van der Waals surface area (Å²) in [4.78, 5) is 17.2. The third kappa shape index (κ3) is 5.21. The first kappa shape index (κ1) is 21.7. The summed E-state index contributed by atoms with van der Waals surface area (Å²) in [6, 6.07) is 5.02. The smallest absolute Gasteiger partial charge is 0.254 e. The maximum atomic E-state index is 13.0. The largest absolute Gasteiger partial charge is 0.495 e. The molecule has 27 heavy (non-hydrogen) atoms. The Morgan fingerprint density at radius 3 is 2.33 bits per heavy atom. The minimum Gasteiger partial charge on any atom is -0.495 e. The molecule has 0 spiro atoms. The van der Waals surface area contributed by atoms with Crippen LogP contribution in [-0.2, 0) is 14.6 Å². The second-order valence-electron chi connectivity index (χ2n) is 7.13. The molecular weight excluding hydrogens is 368 g/mol. The molecule has 0 aromatic heterocycles. The van der Waals surface area contributed by atoms with E-state index in [9.17, 15) is 13.2 Å². The van der Waals surface area contributed by atoms with Gasteiger partial charge in [-0.15, -0.1) is 0 Å². The molecule has 8 heteroatoms. The Morgan fingerprint density at radius 1 is 1.19 bits per heavy atom. The zero-order chi connectivity index (χ0) is 20.2. The quantitative estimate of drug-likeness (QED) is 0.651. The van der Waals surface area contributed by atoms with E-state index < -0.39 is 9.84 Å². The van der Waals surface area contributed by atoms with Crippen molar-refractivity contribution in [2.45, 2.75) is 37.2 Å². The van der Waals surface area contributed by atoms with Crippen molar-refractivity contribution in [1.29, 1.82) is 0 Å². The summed E-state index contributed by atoms with van der Waals surface area (Å²) in [5.41, 5.74) is 0.364. The first-order chi connectivity index (χ1) is 12.7. The van der Waals surface area contributed by atoms with Gasteiger partial charge in [-0.05, 0) is 38.5 Å². The first-order valence-corrected chi connectivity index (χ1v) is 11.0. The van der Waals surface area contributed by atoms with E-state index in [0.717, 1.165) is 25.8 Å². The van der Waals surface area contributed by atoms with Crippen LogP contribution in [0, 0.1) is 0 Å². The fourth-order valence-corrected chi connectivity index (χ4v) is 4.49. The summed E-state index contributed by atoms with van der Waals surface area (Å²) in [6.07, 6.45) is 2.07. The molecule has 0 saturated carbocycles. The maximum absolute atomic E-state index is 13.0. The molecule has 1 amide bonds. The van der Waals surface area contributed by atoms with Crippen LogP contribution in [-0.4, -0.2) is 82.9 Å². The molecule has 2 rings (SSSR count). The topological polar surface area (TPSA) is 76.2 Å². The second-order valence-corrected chi connectivity index (χ2v) is 9.11. The van der Waals surface area contributed by atoms with Gasteiger partial charge in [-0.1, -0.05) is 0 Å². The summed E-state index contributed by atoms with van der Waals surface area (Å²) >= 11 is 0. The lowest BCUT2D eigenvalue weighted by Gasteiger charge is -2.44. The van der Waals surface area contributed by atoms with Gasteiger partial charge < -0.3 is 14.4 Å². The molecule has 7 nitrogen and oxygen atoms in total. The van der Waals surface area contributed by atoms with Gasteiger partial charge in [0.05, 0.1) is 7.11 Å². The van der Waals surface area contributed by atoms with Crippen molar-refractivity contribution in [1.82, 2.24) is 9.80 Å². The molecule has 1 aromatic carbocycles. The minimum atomic E-state index is -3.49. The minimum absolute atomic E-state index is 0.0372. The van der Waals surface area contributed by atoms with Crippen LogP contribution in [0.2, 0.25) is 0 Å². The number of hydrogen-bond donors (Lipinski definition) is 0. The van der Waals surface area contributed by atoms with Crippen molar-refractivity contribution >= 4 is 15.7 Å². The third-order valence-electron chi connectivity index (χ3n) is 4.96. The van der Waals surface area contributed by atoms with E-state index in [1.54, 1.807) is 18.1 Å². The summed E-state index contributed by atoms with van der Waals surface area (Å²) in [5.74, 6) is 0.0940. The Bertz CT molecular complexity index is 753. The number of piperazine rings is 1. The molecule has 2 unspecified atom stereocenters. The van der Waals surface area contributed by atoms with E-state index in [1.807, 2.05) is 0 Å². The van der Waals surface area contributed by atoms with E-state index >= 15 is 0 Å². The van der Waals surface area contributed by atoms with Crippen LogP contribution >= 0.6 is 0 Å². The fraction of sp³-hybridized carbons (Fsp3) is 0.632. The van der Waals surface area contributed by atoms with Crippen molar-refractivity contribution in [3.8, 4) is 5.75 Å². The molecular formula is C19H30N2O5S. The number of methoxy groups -OCH3 is 2. The van der Waals surface area contributed by atoms with Gasteiger partial charge in [0.2, 0.25) is 0 Å². The molecule has 1 aliphatic heterocycles. The van der Waals surface area contributed by atoms with Crippen molar-refractivity contribution in [2.24, 2.45) is 0 Å². The van der Waals surface area contributed by atoms with E-state index in [2.05, 4.69) is 18.7 Å². The summed E-state index contributed by atoms with van der Waals surface area (Å²) in [5, 5.41) is 0. The Hall–Kier alpha value is -1.64. The number of amides is 1. The number of hydrogen-bond acceptors (Lipinski definition) is 6. The van der Waals surface area contributed by atoms with Crippen LogP contribution in [0.25, 0.3) is 0 Å². The zero-order valence-corrected chi connectivity index (χ0v) is 17.6. The van der Waals surface area contributed by atoms with Gasteiger partial charge in [0.25, 0.3) is 5.91 Å². The molecule has 1 fully saturated rings. The van der Waals surface area contributed by atoms with Crippen LogP contribution in [0.3, 0.4) is 0 Å². The van der Waals surface area contributed by atoms with Crippen molar-refractivity contribution in [3.05, 3.63) is 23.8 Å². The molecule has 1 saturated heterocycles. The van der Waals surface area contributed by atoms with Gasteiger partial charge in [-0.2, -0.15) is 0 Å². The van der Waals surface area contributed by atoms with Gasteiger partial charge in [0.15, 0.2) is 9.84 Å². The van der Waals surface area contributed by atoms with E-state index in [4.69, 9.17) is 9.47 Å². The predicted octanol–water partition coefficient (Wildman–Crippen LogP) is 1.67. The lowest BCUT2D eigenvalue weighted by Crippen LogP contribution is -2.58. The predicted molar refractivity (Wildman–Crippen MR) is 104 cm³/mol. The zero-order valence-electron chi connectivity index (χ0n) is 16.8. The van der Waals surface area contributed by atoms with Gasteiger partial charge in [0.1, 0.15) is 10.6 Å². The summed E-state index contributed by atoms with van der Waals surface area (Å²) in [6.45, 7) is 7.09. The van der Waals surface area contributed by atoms with Crippen molar-refractivity contribution in [2.75, 3.05) is 46.7 Å². The maximum Gasteiger partial charge on any atom is 0.254 e.